The zero-order chi connectivity index (χ0) is 20.1. The van der Waals surface area contributed by atoms with Crippen LogP contribution >= 0.6 is 11.3 Å². The van der Waals surface area contributed by atoms with Crippen molar-refractivity contribution in [2.45, 2.75) is 33.4 Å². The van der Waals surface area contributed by atoms with Crippen LogP contribution in [0.3, 0.4) is 0 Å². The summed E-state index contributed by atoms with van der Waals surface area (Å²) in [6, 6.07) is 8.63. The number of rotatable bonds is 7. The standard InChI is InChI=1S/C20H21N3O4S/c1-12(2)27-16-7-6-14(10-21-16)11-22-20(25)18-13(3)9-17(28-18)23-19(24)15-5-4-8-26-15/h4-10,12H,11H2,1-3H3,(H,22,25)(H,23,24). The summed E-state index contributed by atoms with van der Waals surface area (Å²) in [7, 11) is 0. The molecule has 0 saturated carbocycles. The number of carbonyl (C=O) groups is 2. The van der Waals surface area contributed by atoms with E-state index < -0.39 is 0 Å². The van der Waals surface area contributed by atoms with E-state index in [1.807, 2.05) is 26.8 Å². The van der Waals surface area contributed by atoms with Crippen LogP contribution in [0.1, 0.15) is 45.2 Å². The minimum absolute atomic E-state index is 0.0577. The molecule has 2 amide bonds. The Balaban J connectivity index is 1.58. The molecule has 8 heteroatoms. The lowest BCUT2D eigenvalue weighted by Gasteiger charge is -2.09. The Hall–Kier alpha value is -3.13. The number of pyridine rings is 1. The second kappa shape index (κ2) is 8.71. The van der Waals surface area contributed by atoms with Crippen LogP contribution in [0.25, 0.3) is 0 Å². The molecular formula is C20H21N3O4S. The van der Waals surface area contributed by atoms with Gasteiger partial charge in [0.05, 0.1) is 22.2 Å². The Morgan fingerprint density at radius 3 is 2.71 bits per heavy atom. The number of nitrogens with zero attached hydrogens (tertiary/aromatic N) is 1. The molecule has 3 rings (SSSR count). The number of hydrogen-bond acceptors (Lipinski definition) is 6. The third-order valence-electron chi connectivity index (χ3n) is 3.71. The zero-order valence-corrected chi connectivity index (χ0v) is 16.6. The number of nitrogens with one attached hydrogen (secondary N) is 2. The van der Waals surface area contributed by atoms with Crippen molar-refractivity contribution in [1.82, 2.24) is 10.3 Å². The van der Waals surface area contributed by atoms with E-state index in [1.165, 1.54) is 17.6 Å². The van der Waals surface area contributed by atoms with Crippen LogP contribution in [-0.2, 0) is 6.54 Å². The molecule has 3 aromatic rings. The van der Waals surface area contributed by atoms with Gasteiger partial charge in [-0.3, -0.25) is 9.59 Å². The topological polar surface area (TPSA) is 93.5 Å². The van der Waals surface area contributed by atoms with Gasteiger partial charge in [-0.25, -0.2) is 4.98 Å². The summed E-state index contributed by atoms with van der Waals surface area (Å²) < 4.78 is 10.6. The summed E-state index contributed by atoms with van der Waals surface area (Å²) in [4.78, 5) is 29.3. The first-order chi connectivity index (χ1) is 13.4. The number of hydrogen-bond donors (Lipinski definition) is 2. The van der Waals surface area contributed by atoms with Gasteiger partial charge in [0, 0.05) is 18.8 Å². The molecule has 7 nitrogen and oxygen atoms in total. The number of furan rings is 1. The number of amides is 2. The molecule has 0 fully saturated rings. The van der Waals surface area contributed by atoms with Gasteiger partial charge < -0.3 is 19.8 Å². The van der Waals surface area contributed by atoms with Gasteiger partial charge in [0.1, 0.15) is 0 Å². The SMILES string of the molecule is Cc1cc(NC(=O)c2ccco2)sc1C(=O)NCc1ccc(OC(C)C)nc1. The van der Waals surface area contributed by atoms with Crippen molar-refractivity contribution in [3.05, 3.63) is 64.6 Å². The van der Waals surface area contributed by atoms with Gasteiger partial charge in [-0.15, -0.1) is 11.3 Å². The summed E-state index contributed by atoms with van der Waals surface area (Å²) in [5.74, 6) is 0.210. The Morgan fingerprint density at radius 2 is 2.07 bits per heavy atom. The molecule has 0 atom stereocenters. The summed E-state index contributed by atoms with van der Waals surface area (Å²) in [5.41, 5.74) is 1.65. The molecule has 0 bridgehead atoms. The quantitative estimate of drug-likeness (QED) is 0.626. The molecule has 146 valence electrons. The molecular weight excluding hydrogens is 378 g/mol. The predicted octanol–water partition coefficient (Wildman–Crippen LogP) is 4.01. The van der Waals surface area contributed by atoms with Gasteiger partial charge in [-0.1, -0.05) is 6.07 Å². The largest absolute Gasteiger partial charge is 0.475 e. The average molecular weight is 399 g/mol. The first-order valence-corrected chi connectivity index (χ1v) is 9.59. The fourth-order valence-electron chi connectivity index (χ4n) is 2.44. The molecule has 0 radical (unpaired) electrons. The van der Waals surface area contributed by atoms with E-state index in [2.05, 4.69) is 15.6 Å². The first-order valence-electron chi connectivity index (χ1n) is 8.77. The van der Waals surface area contributed by atoms with Crippen LogP contribution < -0.4 is 15.4 Å². The number of anilines is 1. The molecule has 0 spiro atoms. The van der Waals surface area contributed by atoms with E-state index in [0.29, 0.717) is 22.3 Å². The van der Waals surface area contributed by atoms with Crippen molar-refractivity contribution in [1.29, 1.82) is 0 Å². The summed E-state index contributed by atoms with van der Waals surface area (Å²) in [6.07, 6.45) is 3.17. The van der Waals surface area contributed by atoms with Crippen LogP contribution in [0, 0.1) is 6.92 Å². The Labute approximate surface area is 166 Å². The fourth-order valence-corrected chi connectivity index (χ4v) is 3.42. The number of ether oxygens (including phenoxy) is 1. The van der Waals surface area contributed by atoms with E-state index in [4.69, 9.17) is 9.15 Å². The van der Waals surface area contributed by atoms with Crippen molar-refractivity contribution in [3.8, 4) is 5.88 Å². The molecule has 3 heterocycles. The van der Waals surface area contributed by atoms with Crippen LogP contribution in [0.2, 0.25) is 0 Å². The minimum atomic E-state index is -0.354. The van der Waals surface area contributed by atoms with Gasteiger partial charge in [0.25, 0.3) is 11.8 Å². The lowest BCUT2D eigenvalue weighted by atomic mass is 10.2. The van der Waals surface area contributed by atoms with E-state index >= 15 is 0 Å². The van der Waals surface area contributed by atoms with Crippen LogP contribution in [0.15, 0.2) is 47.2 Å². The zero-order valence-electron chi connectivity index (χ0n) is 15.8. The Bertz CT molecular complexity index is 947. The molecule has 0 saturated heterocycles. The fraction of sp³-hybridized carbons (Fsp3) is 0.250. The van der Waals surface area contributed by atoms with E-state index in [0.717, 1.165) is 11.1 Å². The molecule has 2 N–H and O–H groups in total. The van der Waals surface area contributed by atoms with Crippen molar-refractivity contribution in [3.63, 3.8) is 0 Å². The summed E-state index contributed by atoms with van der Waals surface area (Å²) >= 11 is 1.22. The van der Waals surface area contributed by atoms with Gasteiger partial charge in [-0.2, -0.15) is 0 Å². The molecule has 0 aliphatic rings. The van der Waals surface area contributed by atoms with Crippen LogP contribution in [0.5, 0.6) is 5.88 Å². The van der Waals surface area contributed by atoms with Gasteiger partial charge in [0.2, 0.25) is 5.88 Å². The number of carbonyl (C=O) groups excluding carboxylic acids is 2. The van der Waals surface area contributed by atoms with Crippen molar-refractivity contribution in [2.24, 2.45) is 0 Å². The van der Waals surface area contributed by atoms with Crippen LogP contribution in [0.4, 0.5) is 5.00 Å². The second-order valence-corrected chi connectivity index (χ2v) is 7.46. The molecule has 0 aliphatic carbocycles. The molecule has 0 unspecified atom stereocenters. The average Bonchev–Trinajstić information content (AvgIpc) is 3.30. The maximum Gasteiger partial charge on any atom is 0.291 e. The molecule has 28 heavy (non-hydrogen) atoms. The maximum absolute atomic E-state index is 12.5. The number of thiophene rings is 1. The van der Waals surface area contributed by atoms with Crippen molar-refractivity contribution < 1.29 is 18.7 Å². The highest BCUT2D eigenvalue weighted by molar-refractivity contribution is 7.18. The Kier molecular flexibility index (Phi) is 6.10. The van der Waals surface area contributed by atoms with Gasteiger partial charge in [-0.05, 0) is 50.1 Å². The first kappa shape index (κ1) is 19.6. The Morgan fingerprint density at radius 1 is 1.25 bits per heavy atom. The second-order valence-electron chi connectivity index (χ2n) is 6.41. The van der Waals surface area contributed by atoms with Crippen molar-refractivity contribution in [2.75, 3.05) is 5.32 Å². The minimum Gasteiger partial charge on any atom is -0.475 e. The third kappa shape index (κ3) is 4.98. The normalized spacial score (nSPS) is 10.7. The predicted molar refractivity (Wildman–Crippen MR) is 107 cm³/mol. The van der Waals surface area contributed by atoms with E-state index in [1.54, 1.807) is 30.5 Å². The smallest absolute Gasteiger partial charge is 0.291 e. The third-order valence-corrected chi connectivity index (χ3v) is 4.86. The molecule has 3 aromatic heterocycles. The summed E-state index contributed by atoms with van der Waals surface area (Å²) in [6.45, 7) is 6.04. The van der Waals surface area contributed by atoms with Crippen molar-refractivity contribution >= 4 is 28.2 Å². The highest BCUT2D eigenvalue weighted by Crippen LogP contribution is 2.27. The van der Waals surface area contributed by atoms with Gasteiger partial charge in [0.15, 0.2) is 5.76 Å². The van der Waals surface area contributed by atoms with E-state index in [-0.39, 0.29) is 23.7 Å². The molecule has 0 aromatic carbocycles. The maximum atomic E-state index is 12.5. The monoisotopic (exact) mass is 399 g/mol. The lowest BCUT2D eigenvalue weighted by molar-refractivity contribution is 0.0953. The highest BCUT2D eigenvalue weighted by atomic mass is 32.1. The summed E-state index contributed by atoms with van der Waals surface area (Å²) in [5, 5.41) is 6.19. The van der Waals surface area contributed by atoms with E-state index in [9.17, 15) is 9.59 Å². The highest BCUT2D eigenvalue weighted by Gasteiger charge is 2.16. The number of aryl methyl sites for hydroxylation is 1. The lowest BCUT2D eigenvalue weighted by Crippen LogP contribution is -2.22. The molecule has 0 aliphatic heterocycles. The number of aromatic nitrogens is 1. The van der Waals surface area contributed by atoms with Crippen LogP contribution in [-0.4, -0.2) is 22.9 Å². The van der Waals surface area contributed by atoms with Gasteiger partial charge >= 0.3 is 0 Å².